The summed E-state index contributed by atoms with van der Waals surface area (Å²) in [6.45, 7) is 24.9. The molecule has 0 aromatic carbocycles. The molecule has 0 aromatic heterocycles. The Labute approximate surface area is 174 Å². The second-order valence-corrected chi connectivity index (χ2v) is 12.3. The van der Waals surface area contributed by atoms with E-state index < -0.39 is 0 Å². The number of nitrogens with zero attached hydrogens (tertiary/aromatic N) is 4. The Balaban J connectivity index is 1.15. The van der Waals surface area contributed by atoms with Gasteiger partial charge >= 0.3 is 0 Å². The van der Waals surface area contributed by atoms with E-state index in [-0.39, 0.29) is 0 Å². The van der Waals surface area contributed by atoms with Gasteiger partial charge in [0.2, 0.25) is 0 Å². The van der Waals surface area contributed by atoms with Gasteiger partial charge in [-0.25, -0.2) is 0 Å². The van der Waals surface area contributed by atoms with Crippen molar-refractivity contribution in [3.63, 3.8) is 0 Å². The Bertz CT molecular complexity index is 458. The SMILES string of the molecule is CC(C)(C)C1CN(C2CCN(C3CCN(C4CN(C(C)(C)C)C4)CC3)CC2)C1. The van der Waals surface area contributed by atoms with Crippen LogP contribution in [-0.4, -0.2) is 95.6 Å². The first-order chi connectivity index (χ1) is 13.1. The second-order valence-electron chi connectivity index (χ2n) is 12.3. The van der Waals surface area contributed by atoms with E-state index in [4.69, 9.17) is 0 Å². The number of hydrogen-bond acceptors (Lipinski definition) is 4. The molecule has 0 N–H and O–H groups in total. The first-order valence-corrected chi connectivity index (χ1v) is 12.1. The minimum Gasteiger partial charge on any atom is -0.300 e. The van der Waals surface area contributed by atoms with Crippen LogP contribution < -0.4 is 0 Å². The van der Waals surface area contributed by atoms with Crippen LogP contribution in [0.2, 0.25) is 0 Å². The largest absolute Gasteiger partial charge is 0.300 e. The standard InChI is InChI=1S/C24H46N4/c1-23(2,3)19-15-27(16-19)21-9-11-25(12-10-21)20-7-13-26(14-8-20)22-17-28(18-22)24(4,5)6/h19-22H,7-18H2,1-6H3. The maximum atomic E-state index is 2.84. The molecule has 4 heteroatoms. The predicted molar refractivity (Wildman–Crippen MR) is 119 cm³/mol. The van der Waals surface area contributed by atoms with E-state index in [0.29, 0.717) is 11.0 Å². The highest BCUT2D eigenvalue weighted by Crippen LogP contribution is 2.37. The molecule has 162 valence electrons. The van der Waals surface area contributed by atoms with E-state index in [1.54, 1.807) is 0 Å². The van der Waals surface area contributed by atoms with Gasteiger partial charge in [0.15, 0.2) is 0 Å². The van der Waals surface area contributed by atoms with Gasteiger partial charge in [-0.2, -0.15) is 0 Å². The quantitative estimate of drug-likeness (QED) is 0.732. The molecule has 0 spiro atoms. The van der Waals surface area contributed by atoms with Crippen molar-refractivity contribution < 1.29 is 0 Å². The number of rotatable bonds is 3. The average Bonchev–Trinajstić information content (AvgIpc) is 2.51. The van der Waals surface area contributed by atoms with Crippen molar-refractivity contribution in [3.8, 4) is 0 Å². The minimum atomic E-state index is 0.350. The first-order valence-electron chi connectivity index (χ1n) is 12.1. The van der Waals surface area contributed by atoms with Gasteiger partial charge in [0, 0.05) is 62.9 Å². The lowest BCUT2D eigenvalue weighted by molar-refractivity contribution is -0.0479. The molecule has 0 bridgehead atoms. The van der Waals surface area contributed by atoms with E-state index in [0.717, 1.165) is 24.0 Å². The van der Waals surface area contributed by atoms with Gasteiger partial charge in [-0.1, -0.05) is 20.8 Å². The summed E-state index contributed by atoms with van der Waals surface area (Å²) in [7, 11) is 0. The molecule has 4 saturated heterocycles. The zero-order valence-corrected chi connectivity index (χ0v) is 19.6. The zero-order valence-electron chi connectivity index (χ0n) is 19.6. The van der Waals surface area contributed by atoms with Gasteiger partial charge in [0.05, 0.1) is 0 Å². The topological polar surface area (TPSA) is 13.0 Å². The molecule has 0 aliphatic carbocycles. The smallest absolute Gasteiger partial charge is 0.0350 e. The van der Waals surface area contributed by atoms with Crippen molar-refractivity contribution in [1.82, 2.24) is 19.6 Å². The Morgan fingerprint density at radius 1 is 0.536 bits per heavy atom. The molecule has 0 radical (unpaired) electrons. The van der Waals surface area contributed by atoms with Gasteiger partial charge in [0.1, 0.15) is 0 Å². The van der Waals surface area contributed by atoms with Crippen LogP contribution in [0, 0.1) is 11.3 Å². The van der Waals surface area contributed by atoms with Crippen LogP contribution in [0.25, 0.3) is 0 Å². The van der Waals surface area contributed by atoms with Crippen LogP contribution in [-0.2, 0) is 0 Å². The number of piperidine rings is 2. The summed E-state index contributed by atoms with van der Waals surface area (Å²) in [6, 6.07) is 2.55. The molecule has 0 unspecified atom stereocenters. The van der Waals surface area contributed by atoms with Crippen molar-refractivity contribution in [3.05, 3.63) is 0 Å². The maximum absolute atomic E-state index is 2.84. The third-order valence-corrected chi connectivity index (χ3v) is 8.49. The lowest BCUT2D eigenvalue weighted by atomic mass is 9.75. The second kappa shape index (κ2) is 7.83. The van der Waals surface area contributed by atoms with Crippen molar-refractivity contribution in [2.24, 2.45) is 11.3 Å². The maximum Gasteiger partial charge on any atom is 0.0350 e. The summed E-state index contributed by atoms with van der Waals surface area (Å²) in [5, 5.41) is 0. The molecular formula is C24H46N4. The van der Waals surface area contributed by atoms with Crippen molar-refractivity contribution >= 4 is 0 Å². The molecule has 4 rings (SSSR count). The monoisotopic (exact) mass is 390 g/mol. The molecular weight excluding hydrogens is 344 g/mol. The molecule has 4 aliphatic heterocycles. The Hall–Kier alpha value is -0.160. The van der Waals surface area contributed by atoms with Crippen molar-refractivity contribution in [1.29, 1.82) is 0 Å². The summed E-state index contributed by atoms with van der Waals surface area (Å²) in [6.07, 6.45) is 5.60. The Morgan fingerprint density at radius 3 is 1.39 bits per heavy atom. The summed E-state index contributed by atoms with van der Waals surface area (Å²) >= 11 is 0. The highest BCUT2D eigenvalue weighted by Gasteiger charge is 2.41. The van der Waals surface area contributed by atoms with Crippen LogP contribution in [0.4, 0.5) is 0 Å². The fraction of sp³-hybridized carbons (Fsp3) is 1.00. The van der Waals surface area contributed by atoms with Crippen LogP contribution in [0.1, 0.15) is 67.2 Å². The van der Waals surface area contributed by atoms with Gasteiger partial charge < -0.3 is 4.90 Å². The molecule has 0 atom stereocenters. The van der Waals surface area contributed by atoms with E-state index in [1.807, 2.05) is 0 Å². The average molecular weight is 391 g/mol. The summed E-state index contributed by atoms with van der Waals surface area (Å²) < 4.78 is 0. The highest BCUT2D eigenvalue weighted by molar-refractivity contribution is 4.97. The highest BCUT2D eigenvalue weighted by atomic mass is 15.3. The lowest BCUT2D eigenvalue weighted by Crippen LogP contribution is -2.66. The molecule has 0 amide bonds. The van der Waals surface area contributed by atoms with Crippen LogP contribution in [0.15, 0.2) is 0 Å². The number of hydrogen-bond donors (Lipinski definition) is 0. The Morgan fingerprint density at radius 2 is 0.964 bits per heavy atom. The van der Waals surface area contributed by atoms with E-state index >= 15 is 0 Å². The minimum absolute atomic E-state index is 0.350. The zero-order chi connectivity index (χ0) is 20.1. The molecule has 28 heavy (non-hydrogen) atoms. The van der Waals surface area contributed by atoms with Gasteiger partial charge in [-0.05, 0) is 70.9 Å². The molecule has 4 nitrogen and oxygen atoms in total. The third-order valence-electron chi connectivity index (χ3n) is 8.49. The fourth-order valence-corrected chi connectivity index (χ4v) is 5.82. The molecule has 0 saturated carbocycles. The van der Waals surface area contributed by atoms with E-state index in [1.165, 1.54) is 78.0 Å². The number of likely N-dealkylation sites (tertiary alicyclic amines) is 4. The summed E-state index contributed by atoms with van der Waals surface area (Å²) in [5.74, 6) is 0.913. The van der Waals surface area contributed by atoms with E-state index in [9.17, 15) is 0 Å². The third kappa shape index (κ3) is 4.45. The Kier molecular flexibility index (Phi) is 5.90. The van der Waals surface area contributed by atoms with Gasteiger partial charge in [-0.15, -0.1) is 0 Å². The fourth-order valence-electron chi connectivity index (χ4n) is 5.82. The van der Waals surface area contributed by atoms with E-state index in [2.05, 4.69) is 61.1 Å². The normalized spacial score (nSPS) is 29.8. The van der Waals surface area contributed by atoms with Gasteiger partial charge in [0.25, 0.3) is 0 Å². The summed E-state index contributed by atoms with van der Waals surface area (Å²) in [5.41, 5.74) is 0.845. The first kappa shape index (κ1) is 21.1. The molecule has 0 aromatic rings. The lowest BCUT2D eigenvalue weighted by Gasteiger charge is -2.54. The molecule has 4 aliphatic rings. The molecule has 4 heterocycles. The van der Waals surface area contributed by atoms with Crippen molar-refractivity contribution in [2.75, 3.05) is 52.4 Å². The van der Waals surface area contributed by atoms with Crippen LogP contribution >= 0.6 is 0 Å². The van der Waals surface area contributed by atoms with Gasteiger partial charge in [-0.3, -0.25) is 14.7 Å². The van der Waals surface area contributed by atoms with Crippen LogP contribution in [0.3, 0.4) is 0 Å². The summed E-state index contributed by atoms with van der Waals surface area (Å²) in [4.78, 5) is 11.1. The predicted octanol–water partition coefficient (Wildman–Crippen LogP) is 3.38. The molecule has 4 fully saturated rings. The van der Waals surface area contributed by atoms with Crippen LogP contribution in [0.5, 0.6) is 0 Å². The van der Waals surface area contributed by atoms with Crippen molar-refractivity contribution in [2.45, 2.75) is 90.9 Å².